The molecule has 0 amide bonds. The Hall–Kier alpha value is -1.75. The lowest BCUT2D eigenvalue weighted by Gasteiger charge is -2.29. The minimum Gasteiger partial charge on any atom is -0.495 e. The van der Waals surface area contributed by atoms with Crippen LogP contribution in [-0.4, -0.2) is 37.3 Å². The van der Waals surface area contributed by atoms with Crippen molar-refractivity contribution in [2.45, 2.75) is 6.04 Å². The average Bonchev–Trinajstić information content (AvgIpc) is 2.23. The van der Waals surface area contributed by atoms with E-state index >= 15 is 0 Å². The number of aromatic carboxylic acids is 1. The van der Waals surface area contributed by atoms with E-state index in [1.165, 1.54) is 6.07 Å². The Bertz CT molecular complexity index is 402. The van der Waals surface area contributed by atoms with Gasteiger partial charge in [-0.25, -0.2) is 4.79 Å². The molecule has 1 aliphatic heterocycles. The molecule has 0 atom stereocenters. The molecule has 3 N–H and O–H groups in total. The Labute approximate surface area is 93.4 Å². The fourth-order valence-electron chi connectivity index (χ4n) is 1.56. The van der Waals surface area contributed by atoms with E-state index in [1.54, 1.807) is 19.2 Å². The molecule has 1 fully saturated rings. The summed E-state index contributed by atoms with van der Waals surface area (Å²) in [5.41, 5.74) is 0.990. The third-order valence-electron chi connectivity index (χ3n) is 2.59. The van der Waals surface area contributed by atoms with Crippen molar-refractivity contribution in [2.75, 3.05) is 25.5 Å². The second-order valence-electron chi connectivity index (χ2n) is 3.72. The van der Waals surface area contributed by atoms with Crippen molar-refractivity contribution in [2.24, 2.45) is 0 Å². The highest BCUT2D eigenvalue weighted by molar-refractivity contribution is 5.89. The van der Waals surface area contributed by atoms with Gasteiger partial charge in [0.1, 0.15) is 5.75 Å². The van der Waals surface area contributed by atoms with E-state index in [9.17, 15) is 4.79 Å². The molecule has 1 heterocycles. The molecule has 0 radical (unpaired) electrons. The second-order valence-corrected chi connectivity index (χ2v) is 3.72. The van der Waals surface area contributed by atoms with Crippen molar-refractivity contribution in [3.05, 3.63) is 23.8 Å². The van der Waals surface area contributed by atoms with Crippen LogP contribution < -0.4 is 15.4 Å². The molecule has 0 saturated carbocycles. The molecule has 1 saturated heterocycles. The van der Waals surface area contributed by atoms with Crippen LogP contribution in [0.5, 0.6) is 5.75 Å². The average molecular weight is 222 g/mol. The monoisotopic (exact) mass is 222 g/mol. The molecule has 2 rings (SSSR count). The van der Waals surface area contributed by atoms with Crippen LogP contribution >= 0.6 is 0 Å². The zero-order chi connectivity index (χ0) is 11.5. The maximum atomic E-state index is 10.8. The summed E-state index contributed by atoms with van der Waals surface area (Å²) in [6.07, 6.45) is 0. The van der Waals surface area contributed by atoms with Gasteiger partial charge in [-0.15, -0.1) is 0 Å². The minimum absolute atomic E-state index is 0.260. The summed E-state index contributed by atoms with van der Waals surface area (Å²) in [6.45, 7) is 1.78. The zero-order valence-electron chi connectivity index (χ0n) is 8.99. The van der Waals surface area contributed by atoms with Crippen molar-refractivity contribution in [1.82, 2.24) is 5.32 Å². The third kappa shape index (κ3) is 2.09. The summed E-state index contributed by atoms with van der Waals surface area (Å²) in [4.78, 5) is 10.8. The van der Waals surface area contributed by atoms with Gasteiger partial charge < -0.3 is 20.5 Å². The second kappa shape index (κ2) is 4.40. The molecule has 16 heavy (non-hydrogen) atoms. The fourth-order valence-corrected chi connectivity index (χ4v) is 1.56. The zero-order valence-corrected chi connectivity index (χ0v) is 8.99. The van der Waals surface area contributed by atoms with E-state index in [-0.39, 0.29) is 5.56 Å². The minimum atomic E-state index is -0.933. The molecule has 1 aromatic carbocycles. The quantitative estimate of drug-likeness (QED) is 0.702. The lowest BCUT2D eigenvalue weighted by atomic mass is 10.1. The largest absolute Gasteiger partial charge is 0.495 e. The SMILES string of the molecule is COc1ccc(C(=O)O)cc1NC1CNC1. The molecule has 0 bridgehead atoms. The van der Waals surface area contributed by atoms with Gasteiger partial charge in [0.05, 0.1) is 24.4 Å². The fraction of sp³-hybridized carbons (Fsp3) is 0.364. The first-order valence-electron chi connectivity index (χ1n) is 5.09. The molecule has 0 aliphatic carbocycles. The van der Waals surface area contributed by atoms with Crippen LogP contribution in [0.15, 0.2) is 18.2 Å². The Morgan fingerprint density at radius 1 is 1.56 bits per heavy atom. The first-order chi connectivity index (χ1) is 7.70. The van der Waals surface area contributed by atoms with Gasteiger partial charge in [-0.1, -0.05) is 0 Å². The normalized spacial score (nSPS) is 15.3. The number of hydrogen-bond donors (Lipinski definition) is 3. The highest BCUT2D eigenvalue weighted by atomic mass is 16.5. The van der Waals surface area contributed by atoms with Gasteiger partial charge in [-0.2, -0.15) is 0 Å². The van der Waals surface area contributed by atoms with Gasteiger partial charge in [0, 0.05) is 13.1 Å². The highest BCUT2D eigenvalue weighted by Crippen LogP contribution is 2.26. The number of carbonyl (C=O) groups is 1. The van der Waals surface area contributed by atoms with Gasteiger partial charge in [-0.3, -0.25) is 0 Å². The number of anilines is 1. The van der Waals surface area contributed by atoms with Crippen molar-refractivity contribution >= 4 is 11.7 Å². The van der Waals surface area contributed by atoms with E-state index < -0.39 is 5.97 Å². The Kier molecular flexibility index (Phi) is 2.96. The van der Waals surface area contributed by atoms with Crippen LogP contribution in [0.4, 0.5) is 5.69 Å². The number of carboxylic acid groups (broad SMARTS) is 1. The summed E-state index contributed by atoms with van der Waals surface area (Å²) in [5.74, 6) is -0.269. The Morgan fingerprint density at radius 2 is 2.31 bits per heavy atom. The summed E-state index contributed by atoms with van der Waals surface area (Å²) < 4.78 is 5.17. The lowest BCUT2D eigenvalue weighted by molar-refractivity contribution is 0.0697. The van der Waals surface area contributed by atoms with Crippen LogP contribution in [0, 0.1) is 0 Å². The number of ether oxygens (including phenoxy) is 1. The molecule has 1 aromatic rings. The van der Waals surface area contributed by atoms with Gasteiger partial charge in [0.2, 0.25) is 0 Å². The predicted molar refractivity (Wildman–Crippen MR) is 60.2 cm³/mol. The van der Waals surface area contributed by atoms with Crippen LogP contribution in [0.1, 0.15) is 10.4 Å². The number of benzene rings is 1. The van der Waals surface area contributed by atoms with E-state index in [0.29, 0.717) is 11.8 Å². The van der Waals surface area contributed by atoms with Crippen molar-refractivity contribution in [3.63, 3.8) is 0 Å². The van der Waals surface area contributed by atoms with E-state index in [4.69, 9.17) is 9.84 Å². The lowest BCUT2D eigenvalue weighted by Crippen LogP contribution is -2.51. The van der Waals surface area contributed by atoms with Crippen LogP contribution in [0.25, 0.3) is 0 Å². The van der Waals surface area contributed by atoms with Crippen LogP contribution in [0.2, 0.25) is 0 Å². The van der Waals surface area contributed by atoms with E-state index in [2.05, 4.69) is 10.6 Å². The topological polar surface area (TPSA) is 70.6 Å². The van der Waals surface area contributed by atoms with Gasteiger partial charge in [0.25, 0.3) is 0 Å². The Balaban J connectivity index is 2.23. The van der Waals surface area contributed by atoms with Gasteiger partial charge in [-0.05, 0) is 18.2 Å². The first-order valence-corrected chi connectivity index (χ1v) is 5.09. The molecular formula is C11H14N2O3. The van der Waals surface area contributed by atoms with E-state index in [1.807, 2.05) is 0 Å². The van der Waals surface area contributed by atoms with Crippen LogP contribution in [-0.2, 0) is 0 Å². The molecule has 0 aromatic heterocycles. The third-order valence-corrected chi connectivity index (χ3v) is 2.59. The predicted octanol–water partition coefficient (Wildman–Crippen LogP) is 0.777. The molecular weight excluding hydrogens is 208 g/mol. The Morgan fingerprint density at radius 3 is 2.81 bits per heavy atom. The van der Waals surface area contributed by atoms with Gasteiger partial charge >= 0.3 is 5.97 Å². The number of hydrogen-bond acceptors (Lipinski definition) is 4. The summed E-state index contributed by atoms with van der Waals surface area (Å²) in [5, 5.41) is 15.3. The number of carboxylic acids is 1. The molecule has 0 unspecified atom stereocenters. The molecule has 5 nitrogen and oxygen atoms in total. The maximum absolute atomic E-state index is 10.8. The van der Waals surface area contributed by atoms with Crippen molar-refractivity contribution in [1.29, 1.82) is 0 Å². The number of methoxy groups -OCH3 is 1. The number of nitrogens with one attached hydrogen (secondary N) is 2. The smallest absolute Gasteiger partial charge is 0.335 e. The maximum Gasteiger partial charge on any atom is 0.335 e. The number of rotatable bonds is 4. The van der Waals surface area contributed by atoms with Gasteiger partial charge in [0.15, 0.2) is 0 Å². The summed E-state index contributed by atoms with van der Waals surface area (Å²) in [6, 6.07) is 5.14. The highest BCUT2D eigenvalue weighted by Gasteiger charge is 2.18. The molecule has 0 spiro atoms. The van der Waals surface area contributed by atoms with Crippen molar-refractivity contribution in [3.8, 4) is 5.75 Å². The molecule has 86 valence electrons. The van der Waals surface area contributed by atoms with E-state index in [0.717, 1.165) is 18.8 Å². The first kappa shape index (κ1) is 10.8. The standard InChI is InChI=1S/C11H14N2O3/c1-16-10-3-2-7(11(14)15)4-9(10)13-8-5-12-6-8/h2-4,8,12-13H,5-6H2,1H3,(H,14,15). The molecule has 1 aliphatic rings. The molecule has 5 heteroatoms. The summed E-state index contributed by atoms with van der Waals surface area (Å²) in [7, 11) is 1.57. The van der Waals surface area contributed by atoms with Crippen molar-refractivity contribution < 1.29 is 14.6 Å². The summed E-state index contributed by atoms with van der Waals surface area (Å²) >= 11 is 0. The van der Waals surface area contributed by atoms with Crippen LogP contribution in [0.3, 0.4) is 0 Å².